The minimum atomic E-state index is -3.37. The van der Waals surface area contributed by atoms with Gasteiger partial charge in [0.15, 0.2) is 27.1 Å². The third kappa shape index (κ3) is 4.99. The van der Waals surface area contributed by atoms with Crippen LogP contribution in [0.1, 0.15) is 13.8 Å². The zero-order chi connectivity index (χ0) is 25.2. The first-order valence-corrected chi connectivity index (χ1v) is 12.3. The van der Waals surface area contributed by atoms with E-state index in [9.17, 15) is 13.2 Å². The van der Waals surface area contributed by atoms with Crippen LogP contribution in [0.25, 0.3) is 34.0 Å². The minimum Gasteiger partial charge on any atom is -0.382 e. The molecule has 0 atom stereocenters. The molecular weight excluding hydrogens is 468 g/mol. The summed E-state index contributed by atoms with van der Waals surface area (Å²) < 4.78 is 30.2. The van der Waals surface area contributed by atoms with Crippen molar-refractivity contribution in [3.8, 4) is 34.0 Å². The normalized spacial score (nSPS) is 11.4. The van der Waals surface area contributed by atoms with Gasteiger partial charge in [0.2, 0.25) is 0 Å². The number of amides is 2. The predicted octanol–water partition coefficient (Wildman–Crippen LogP) is 3.98. The Morgan fingerprint density at radius 3 is 2.26 bits per heavy atom. The van der Waals surface area contributed by atoms with Gasteiger partial charge in [0.25, 0.3) is 0 Å². The van der Waals surface area contributed by atoms with Gasteiger partial charge in [-0.3, -0.25) is 0 Å². The monoisotopic (exact) mass is 492 g/mol. The topological polar surface area (TPSA) is 153 Å². The van der Waals surface area contributed by atoms with Crippen molar-refractivity contribution in [2.45, 2.75) is 24.0 Å². The first kappa shape index (κ1) is 23.9. The summed E-state index contributed by atoms with van der Waals surface area (Å²) in [6, 6.07) is 14.9. The molecule has 4 rings (SSSR count). The summed E-state index contributed by atoms with van der Waals surface area (Å²) >= 11 is 0. The van der Waals surface area contributed by atoms with Gasteiger partial charge in [0.05, 0.1) is 22.0 Å². The fourth-order valence-corrected chi connectivity index (χ4v) is 4.31. The van der Waals surface area contributed by atoms with Gasteiger partial charge in [0, 0.05) is 29.9 Å². The van der Waals surface area contributed by atoms with Gasteiger partial charge in [-0.25, -0.2) is 23.2 Å². The zero-order valence-corrected chi connectivity index (χ0v) is 20.1. The molecule has 2 aromatic heterocycles. The van der Waals surface area contributed by atoms with Crippen molar-refractivity contribution in [3.05, 3.63) is 60.8 Å². The van der Waals surface area contributed by atoms with Gasteiger partial charge in [-0.05, 0) is 38.1 Å². The van der Waals surface area contributed by atoms with E-state index in [1.54, 1.807) is 68.4 Å². The lowest BCUT2D eigenvalue weighted by atomic mass is 10.1. The van der Waals surface area contributed by atoms with E-state index in [2.05, 4.69) is 25.8 Å². The Bertz CT molecular complexity index is 1460. The maximum Gasteiger partial charge on any atom is 0.318 e. The van der Waals surface area contributed by atoms with Gasteiger partial charge >= 0.3 is 6.03 Å². The van der Waals surface area contributed by atoms with E-state index < -0.39 is 15.1 Å². The standard InChI is InChI=1S/C24H24N6O4S/c1-14(2)35(32,33)18-10-6-16(7-11-18)20-13-27-23(25)22(29-20)21-12-19(30-34-21)15-4-8-17(9-5-15)28-24(31)26-3/h4-14H,1-3H3,(H2,25,27)(H2,26,28,31). The largest absolute Gasteiger partial charge is 0.382 e. The molecule has 0 radical (unpaired) electrons. The van der Waals surface area contributed by atoms with Crippen LogP contribution >= 0.6 is 0 Å². The lowest BCUT2D eigenvalue weighted by molar-refractivity contribution is 0.254. The summed E-state index contributed by atoms with van der Waals surface area (Å²) in [4.78, 5) is 20.5. The number of nitrogen functional groups attached to an aromatic ring is 1. The number of nitrogens with two attached hydrogens (primary N) is 1. The molecule has 10 nitrogen and oxygen atoms in total. The van der Waals surface area contributed by atoms with Crippen LogP contribution < -0.4 is 16.4 Å². The third-order valence-corrected chi connectivity index (χ3v) is 7.48. The van der Waals surface area contributed by atoms with Crippen LogP contribution in [0.5, 0.6) is 0 Å². The van der Waals surface area contributed by atoms with E-state index in [4.69, 9.17) is 10.3 Å². The van der Waals surface area contributed by atoms with Crippen molar-refractivity contribution in [1.29, 1.82) is 0 Å². The molecule has 2 aromatic carbocycles. The van der Waals surface area contributed by atoms with Gasteiger partial charge in [-0.2, -0.15) is 0 Å². The Balaban J connectivity index is 1.60. The fourth-order valence-electron chi connectivity index (χ4n) is 3.25. The molecule has 0 saturated carbocycles. The van der Waals surface area contributed by atoms with Gasteiger partial charge < -0.3 is 20.9 Å². The highest BCUT2D eigenvalue weighted by atomic mass is 32.2. The van der Waals surface area contributed by atoms with Gasteiger partial charge in [-0.15, -0.1) is 0 Å². The van der Waals surface area contributed by atoms with Gasteiger partial charge in [0.1, 0.15) is 5.69 Å². The van der Waals surface area contributed by atoms with E-state index >= 15 is 0 Å². The maximum atomic E-state index is 12.4. The first-order valence-electron chi connectivity index (χ1n) is 10.7. The number of sulfone groups is 1. The van der Waals surface area contributed by atoms with Crippen LogP contribution in [0, 0.1) is 0 Å². The van der Waals surface area contributed by atoms with E-state index in [1.807, 2.05) is 0 Å². The van der Waals surface area contributed by atoms with Crippen LogP contribution in [-0.2, 0) is 9.84 Å². The molecule has 0 saturated heterocycles. The number of benzene rings is 2. The van der Waals surface area contributed by atoms with Crippen molar-refractivity contribution in [2.24, 2.45) is 0 Å². The fraction of sp³-hybridized carbons (Fsp3) is 0.167. The summed E-state index contributed by atoms with van der Waals surface area (Å²) in [6.45, 7) is 3.28. The molecule has 0 aliphatic heterocycles. The van der Waals surface area contributed by atoms with Crippen molar-refractivity contribution < 1.29 is 17.7 Å². The zero-order valence-electron chi connectivity index (χ0n) is 19.3. The van der Waals surface area contributed by atoms with Crippen LogP contribution in [0.2, 0.25) is 0 Å². The smallest absolute Gasteiger partial charge is 0.318 e. The Hall–Kier alpha value is -4.25. The van der Waals surface area contributed by atoms with Crippen molar-refractivity contribution in [2.75, 3.05) is 18.1 Å². The Morgan fingerprint density at radius 2 is 1.63 bits per heavy atom. The molecule has 4 N–H and O–H groups in total. The molecule has 0 spiro atoms. The van der Waals surface area contributed by atoms with E-state index in [0.717, 1.165) is 5.56 Å². The van der Waals surface area contributed by atoms with E-state index in [-0.39, 0.29) is 16.7 Å². The lowest BCUT2D eigenvalue weighted by Crippen LogP contribution is -2.24. The molecule has 0 bridgehead atoms. The Labute approximate surface area is 202 Å². The molecule has 180 valence electrons. The van der Waals surface area contributed by atoms with Crippen molar-refractivity contribution in [3.63, 3.8) is 0 Å². The molecule has 35 heavy (non-hydrogen) atoms. The second kappa shape index (κ2) is 9.55. The van der Waals surface area contributed by atoms with E-state index in [1.165, 1.54) is 13.2 Å². The van der Waals surface area contributed by atoms with Crippen molar-refractivity contribution in [1.82, 2.24) is 20.4 Å². The summed E-state index contributed by atoms with van der Waals surface area (Å²) in [5.41, 5.74) is 9.52. The maximum absolute atomic E-state index is 12.4. The average Bonchev–Trinajstić information content (AvgIpc) is 3.35. The molecule has 0 aliphatic carbocycles. The predicted molar refractivity (Wildman–Crippen MR) is 133 cm³/mol. The third-order valence-electron chi connectivity index (χ3n) is 5.31. The minimum absolute atomic E-state index is 0.167. The molecule has 0 fully saturated rings. The van der Waals surface area contributed by atoms with Crippen LogP contribution in [0.15, 0.2) is 70.2 Å². The quantitative estimate of drug-likeness (QED) is 0.365. The number of anilines is 2. The molecule has 4 aromatic rings. The molecule has 2 amide bonds. The number of carbonyl (C=O) groups is 1. The van der Waals surface area contributed by atoms with Crippen LogP contribution in [0.4, 0.5) is 16.3 Å². The highest BCUT2D eigenvalue weighted by Crippen LogP contribution is 2.30. The average molecular weight is 493 g/mol. The number of urea groups is 1. The SMILES string of the molecule is CNC(=O)Nc1ccc(-c2cc(-c3nc(-c4ccc(S(=O)(=O)C(C)C)cc4)cnc3N)on2)cc1. The van der Waals surface area contributed by atoms with E-state index in [0.29, 0.717) is 34.1 Å². The van der Waals surface area contributed by atoms with Crippen LogP contribution in [-0.4, -0.2) is 41.9 Å². The molecule has 2 heterocycles. The molecule has 0 aliphatic rings. The molecule has 0 unspecified atom stereocenters. The number of carbonyl (C=O) groups excluding carboxylic acids is 1. The van der Waals surface area contributed by atoms with Crippen LogP contribution in [0.3, 0.4) is 0 Å². The van der Waals surface area contributed by atoms with Crippen molar-refractivity contribution >= 4 is 27.4 Å². The highest BCUT2D eigenvalue weighted by molar-refractivity contribution is 7.92. The summed E-state index contributed by atoms with van der Waals surface area (Å²) in [7, 11) is -1.83. The molecule has 11 heteroatoms. The summed E-state index contributed by atoms with van der Waals surface area (Å²) in [5, 5.41) is 8.76. The second-order valence-corrected chi connectivity index (χ2v) is 10.5. The Morgan fingerprint density at radius 1 is 1.00 bits per heavy atom. The Kier molecular flexibility index (Phi) is 6.52. The number of nitrogens with one attached hydrogen (secondary N) is 2. The number of rotatable bonds is 6. The van der Waals surface area contributed by atoms with Gasteiger partial charge in [-0.1, -0.05) is 29.4 Å². The number of hydrogen-bond donors (Lipinski definition) is 3. The number of aromatic nitrogens is 3. The second-order valence-electron chi connectivity index (χ2n) is 7.97. The summed E-state index contributed by atoms with van der Waals surface area (Å²) in [5.74, 6) is 0.499. The number of nitrogens with zero attached hydrogens (tertiary/aromatic N) is 3. The number of hydrogen-bond acceptors (Lipinski definition) is 8. The summed E-state index contributed by atoms with van der Waals surface area (Å²) in [6.07, 6.45) is 1.51. The molecular formula is C24H24N6O4S. The highest BCUT2D eigenvalue weighted by Gasteiger charge is 2.20. The first-order chi connectivity index (χ1) is 16.7. The lowest BCUT2D eigenvalue weighted by Gasteiger charge is -2.09.